The molecule has 3 aromatic carbocycles. The molecule has 28 heavy (non-hydrogen) atoms. The summed E-state index contributed by atoms with van der Waals surface area (Å²) >= 11 is 1.61. The van der Waals surface area contributed by atoms with Crippen LogP contribution in [0.1, 0.15) is 5.56 Å². The van der Waals surface area contributed by atoms with E-state index in [1.54, 1.807) is 28.8 Å². The highest BCUT2D eigenvalue weighted by atomic mass is 32.2. The van der Waals surface area contributed by atoms with Gasteiger partial charge in [0.05, 0.1) is 17.8 Å². The fourth-order valence-corrected chi connectivity index (χ4v) is 4.07. The van der Waals surface area contributed by atoms with E-state index < -0.39 is 5.97 Å². The summed E-state index contributed by atoms with van der Waals surface area (Å²) < 4.78 is 5.22. The molecule has 0 unspecified atom stereocenters. The zero-order valence-electron chi connectivity index (χ0n) is 14.9. The van der Waals surface area contributed by atoms with Crippen molar-refractivity contribution in [2.24, 2.45) is 0 Å². The van der Waals surface area contributed by atoms with Crippen molar-refractivity contribution in [3.8, 4) is 5.75 Å². The monoisotopic (exact) mass is 391 g/mol. The number of carbonyl (C=O) groups is 2. The van der Waals surface area contributed by atoms with Gasteiger partial charge in [0, 0.05) is 9.79 Å². The lowest BCUT2D eigenvalue weighted by Gasteiger charge is -2.30. The van der Waals surface area contributed by atoms with Crippen LogP contribution in [-0.4, -0.2) is 23.6 Å². The van der Waals surface area contributed by atoms with Crippen LogP contribution in [-0.2, 0) is 20.7 Å². The standard InChI is InChI=1S/C22H17NO4S/c24-16-11-9-15(10-12-16)13-22(26)27-14-21(25)23-17-5-1-3-7-19(17)28-20-8-4-2-6-18(20)23/h1-12,24H,13-14H2. The SMILES string of the molecule is O=C(Cc1ccc(O)cc1)OCC(=O)N1c2ccccc2Sc2ccccc21. The highest BCUT2D eigenvalue weighted by molar-refractivity contribution is 7.99. The van der Waals surface area contributed by atoms with Crippen LogP contribution in [0.4, 0.5) is 11.4 Å². The maximum Gasteiger partial charge on any atom is 0.310 e. The number of phenols is 1. The summed E-state index contributed by atoms with van der Waals surface area (Å²) in [6.07, 6.45) is 0.0383. The van der Waals surface area contributed by atoms with Gasteiger partial charge in [-0.05, 0) is 42.0 Å². The number of para-hydroxylation sites is 2. The lowest BCUT2D eigenvalue weighted by Crippen LogP contribution is -2.32. The highest BCUT2D eigenvalue weighted by Gasteiger charge is 2.28. The molecule has 0 radical (unpaired) electrons. The molecule has 1 heterocycles. The van der Waals surface area contributed by atoms with E-state index in [4.69, 9.17) is 4.74 Å². The third kappa shape index (κ3) is 3.73. The molecule has 0 aliphatic carbocycles. The average molecular weight is 391 g/mol. The Balaban J connectivity index is 1.49. The van der Waals surface area contributed by atoms with Crippen molar-refractivity contribution in [1.82, 2.24) is 0 Å². The number of hydrogen-bond donors (Lipinski definition) is 1. The Morgan fingerprint density at radius 2 is 1.43 bits per heavy atom. The molecule has 0 fully saturated rings. The summed E-state index contributed by atoms with van der Waals surface area (Å²) in [7, 11) is 0. The molecule has 6 heteroatoms. The van der Waals surface area contributed by atoms with Gasteiger partial charge in [-0.3, -0.25) is 14.5 Å². The maximum absolute atomic E-state index is 12.9. The predicted molar refractivity (Wildman–Crippen MR) is 107 cm³/mol. The molecule has 1 aliphatic rings. The van der Waals surface area contributed by atoms with Crippen LogP contribution in [0.3, 0.4) is 0 Å². The second-order valence-corrected chi connectivity index (χ2v) is 7.35. The number of phenolic OH excluding ortho intramolecular Hbond substituents is 1. The number of benzene rings is 3. The van der Waals surface area contributed by atoms with Gasteiger partial charge >= 0.3 is 5.97 Å². The molecular weight excluding hydrogens is 374 g/mol. The van der Waals surface area contributed by atoms with Gasteiger partial charge in [0.1, 0.15) is 5.75 Å². The molecule has 0 saturated heterocycles. The average Bonchev–Trinajstić information content (AvgIpc) is 2.72. The van der Waals surface area contributed by atoms with Gasteiger partial charge in [-0.25, -0.2) is 0 Å². The zero-order chi connectivity index (χ0) is 19.5. The molecule has 3 aromatic rings. The minimum atomic E-state index is -0.494. The first-order chi connectivity index (χ1) is 13.6. The van der Waals surface area contributed by atoms with Crippen molar-refractivity contribution >= 4 is 35.0 Å². The van der Waals surface area contributed by atoms with Gasteiger partial charge in [-0.2, -0.15) is 0 Å². The molecule has 1 N–H and O–H groups in total. The van der Waals surface area contributed by atoms with Gasteiger partial charge in [0.15, 0.2) is 6.61 Å². The third-order valence-electron chi connectivity index (χ3n) is 4.32. The van der Waals surface area contributed by atoms with Crippen LogP contribution in [0.15, 0.2) is 82.6 Å². The Kier molecular flexibility index (Phi) is 5.04. The number of aromatic hydroxyl groups is 1. The lowest BCUT2D eigenvalue weighted by molar-refractivity contribution is -0.147. The number of nitrogens with zero attached hydrogens (tertiary/aromatic N) is 1. The first kappa shape index (κ1) is 18.1. The van der Waals surface area contributed by atoms with Crippen molar-refractivity contribution < 1.29 is 19.4 Å². The summed E-state index contributed by atoms with van der Waals surface area (Å²) in [6.45, 7) is -0.343. The van der Waals surface area contributed by atoms with Crippen molar-refractivity contribution in [3.05, 3.63) is 78.4 Å². The van der Waals surface area contributed by atoms with Crippen LogP contribution >= 0.6 is 11.8 Å². The van der Waals surface area contributed by atoms with E-state index in [2.05, 4.69) is 0 Å². The van der Waals surface area contributed by atoms with E-state index in [0.717, 1.165) is 21.2 Å². The smallest absolute Gasteiger partial charge is 0.310 e. The van der Waals surface area contributed by atoms with E-state index >= 15 is 0 Å². The molecule has 1 aliphatic heterocycles. The fraction of sp³-hybridized carbons (Fsp3) is 0.0909. The van der Waals surface area contributed by atoms with Gasteiger partial charge in [0.25, 0.3) is 5.91 Å². The Bertz CT molecular complexity index is 987. The zero-order valence-corrected chi connectivity index (χ0v) is 15.7. The Hall–Kier alpha value is -3.25. The number of hydrogen-bond acceptors (Lipinski definition) is 5. The second-order valence-electron chi connectivity index (χ2n) is 6.27. The fourth-order valence-electron chi connectivity index (χ4n) is 3.01. The lowest BCUT2D eigenvalue weighted by atomic mass is 10.1. The van der Waals surface area contributed by atoms with E-state index in [-0.39, 0.29) is 24.7 Å². The first-order valence-corrected chi connectivity index (χ1v) is 9.56. The van der Waals surface area contributed by atoms with E-state index in [0.29, 0.717) is 5.56 Å². The number of carbonyl (C=O) groups excluding carboxylic acids is 2. The molecule has 5 nitrogen and oxygen atoms in total. The normalized spacial score (nSPS) is 12.1. The first-order valence-electron chi connectivity index (χ1n) is 8.74. The largest absolute Gasteiger partial charge is 0.508 e. The number of amides is 1. The molecule has 4 rings (SSSR count). The molecule has 0 bridgehead atoms. The van der Waals surface area contributed by atoms with Gasteiger partial charge in [0.2, 0.25) is 0 Å². The third-order valence-corrected chi connectivity index (χ3v) is 5.45. The minimum absolute atomic E-state index is 0.0383. The molecule has 140 valence electrons. The van der Waals surface area contributed by atoms with Gasteiger partial charge in [-0.1, -0.05) is 48.2 Å². The van der Waals surface area contributed by atoms with Crippen LogP contribution in [0.2, 0.25) is 0 Å². The minimum Gasteiger partial charge on any atom is -0.508 e. The second kappa shape index (κ2) is 7.78. The van der Waals surface area contributed by atoms with Crippen molar-refractivity contribution in [2.75, 3.05) is 11.5 Å². The predicted octanol–water partition coefficient (Wildman–Crippen LogP) is 4.31. The molecule has 0 atom stereocenters. The summed E-state index contributed by atoms with van der Waals surface area (Å²) in [5.41, 5.74) is 2.27. The Labute approximate surface area is 166 Å². The number of rotatable bonds is 4. The van der Waals surface area contributed by atoms with E-state index in [9.17, 15) is 14.7 Å². The summed E-state index contributed by atoms with van der Waals surface area (Å²) in [5.74, 6) is -0.668. The van der Waals surface area contributed by atoms with Gasteiger partial charge < -0.3 is 9.84 Å². The molecule has 1 amide bonds. The van der Waals surface area contributed by atoms with E-state index in [1.807, 2.05) is 48.5 Å². The topological polar surface area (TPSA) is 66.8 Å². The van der Waals surface area contributed by atoms with Gasteiger partial charge in [-0.15, -0.1) is 0 Å². The highest BCUT2D eigenvalue weighted by Crippen LogP contribution is 2.47. The van der Waals surface area contributed by atoms with Crippen LogP contribution in [0, 0.1) is 0 Å². The quantitative estimate of drug-likeness (QED) is 0.672. The summed E-state index contributed by atoms with van der Waals surface area (Å²) in [4.78, 5) is 28.6. The molecule has 0 saturated carbocycles. The van der Waals surface area contributed by atoms with Crippen LogP contribution < -0.4 is 4.90 Å². The Morgan fingerprint density at radius 3 is 2.04 bits per heavy atom. The maximum atomic E-state index is 12.9. The van der Waals surface area contributed by atoms with Crippen molar-refractivity contribution in [1.29, 1.82) is 0 Å². The van der Waals surface area contributed by atoms with Crippen molar-refractivity contribution in [3.63, 3.8) is 0 Å². The molecular formula is C22H17NO4S. The number of ether oxygens (including phenoxy) is 1. The van der Waals surface area contributed by atoms with Crippen molar-refractivity contribution in [2.45, 2.75) is 16.2 Å². The molecule has 0 spiro atoms. The van der Waals surface area contributed by atoms with E-state index in [1.165, 1.54) is 12.1 Å². The number of fused-ring (bicyclic) bond motifs is 2. The Morgan fingerprint density at radius 1 is 0.857 bits per heavy atom. The summed E-state index contributed by atoms with van der Waals surface area (Å²) in [6, 6.07) is 21.6. The van der Waals surface area contributed by atoms with Crippen LogP contribution in [0.25, 0.3) is 0 Å². The number of anilines is 2. The molecule has 0 aromatic heterocycles. The summed E-state index contributed by atoms with van der Waals surface area (Å²) in [5, 5.41) is 9.30. The van der Waals surface area contributed by atoms with Crippen LogP contribution in [0.5, 0.6) is 5.75 Å². The number of esters is 1.